The van der Waals surface area contributed by atoms with Crippen molar-refractivity contribution in [2.24, 2.45) is 0 Å². The first-order valence-electron chi connectivity index (χ1n) is 6.30. The molecule has 0 saturated heterocycles. The predicted octanol–water partition coefficient (Wildman–Crippen LogP) is 3.31. The first-order chi connectivity index (χ1) is 9.49. The van der Waals surface area contributed by atoms with Crippen LogP contribution in [0.15, 0.2) is 24.3 Å². The fraction of sp³-hybridized carbons (Fsp3) is 0.462. The molecule has 0 unspecified atom stereocenters. The van der Waals surface area contributed by atoms with Crippen LogP contribution in [0.4, 0.5) is 0 Å². The number of carbonyl (C=O) groups is 1. The van der Waals surface area contributed by atoms with Crippen molar-refractivity contribution in [2.75, 3.05) is 13.2 Å². The second-order valence-corrected chi connectivity index (χ2v) is 5.47. The average molecular weight is 302 g/mol. The van der Waals surface area contributed by atoms with E-state index in [4.69, 9.17) is 18.3 Å². The summed E-state index contributed by atoms with van der Waals surface area (Å²) in [4.78, 5) is 10.9. The van der Waals surface area contributed by atoms with E-state index in [0.29, 0.717) is 11.3 Å². The van der Waals surface area contributed by atoms with Crippen LogP contribution in [0, 0.1) is 0 Å². The van der Waals surface area contributed by atoms with Crippen molar-refractivity contribution < 1.29 is 27.7 Å². The van der Waals surface area contributed by atoms with Gasteiger partial charge in [0.1, 0.15) is 5.75 Å². The van der Waals surface area contributed by atoms with E-state index in [0.717, 1.165) is 0 Å². The zero-order valence-electron chi connectivity index (χ0n) is 11.8. The van der Waals surface area contributed by atoms with E-state index in [1.807, 2.05) is 0 Å². The molecule has 112 valence electrons. The largest absolute Gasteiger partial charge is 0.475 e. The number of hydrogen-bond acceptors (Lipinski definition) is 6. The molecule has 0 bridgehead atoms. The minimum atomic E-state index is -3.54. The third-order valence-corrected chi connectivity index (χ3v) is 3.72. The summed E-state index contributed by atoms with van der Waals surface area (Å²) in [6, 6.07) is 6.75. The Kier molecular flexibility index (Phi) is 6.88. The number of phosphoric ester groups is 1. The first-order valence-corrected chi connectivity index (χ1v) is 7.76. The number of ether oxygens (including phenoxy) is 1. The van der Waals surface area contributed by atoms with Crippen LogP contribution in [-0.4, -0.2) is 19.2 Å². The summed E-state index contributed by atoms with van der Waals surface area (Å²) in [5.74, 6) is -0.00127. The van der Waals surface area contributed by atoms with Crippen LogP contribution in [0.5, 0.6) is 5.75 Å². The van der Waals surface area contributed by atoms with Crippen molar-refractivity contribution in [3.63, 3.8) is 0 Å². The molecule has 0 atom stereocenters. The maximum atomic E-state index is 12.1. The van der Waals surface area contributed by atoms with E-state index in [-0.39, 0.29) is 19.8 Å². The Hall–Kier alpha value is -1.20. The zero-order valence-corrected chi connectivity index (χ0v) is 12.7. The number of benzene rings is 1. The zero-order chi connectivity index (χ0) is 15.0. The van der Waals surface area contributed by atoms with Crippen LogP contribution in [0.2, 0.25) is 0 Å². The van der Waals surface area contributed by atoms with Gasteiger partial charge in [-0.1, -0.05) is 12.1 Å². The minimum Gasteiger partial charge on any atom is -0.427 e. The maximum absolute atomic E-state index is 12.1. The van der Waals surface area contributed by atoms with Gasteiger partial charge in [-0.05, 0) is 31.5 Å². The molecular weight excluding hydrogens is 283 g/mol. The Morgan fingerprint density at radius 2 is 1.80 bits per heavy atom. The molecule has 0 saturated carbocycles. The van der Waals surface area contributed by atoms with E-state index in [1.54, 1.807) is 38.1 Å². The van der Waals surface area contributed by atoms with Crippen LogP contribution in [0.25, 0.3) is 0 Å². The standard InChI is InChI=1S/C13H19O6P/c1-4-16-20(15,17-5-2)18-10-12-7-6-8-13(9-12)19-11(3)14/h6-9H,4-5,10H2,1-3H3. The molecule has 0 aliphatic rings. The van der Waals surface area contributed by atoms with Gasteiger partial charge < -0.3 is 4.74 Å². The van der Waals surface area contributed by atoms with Crippen molar-refractivity contribution in [3.8, 4) is 5.75 Å². The van der Waals surface area contributed by atoms with E-state index in [1.165, 1.54) is 6.92 Å². The van der Waals surface area contributed by atoms with Crippen molar-refractivity contribution in [1.82, 2.24) is 0 Å². The summed E-state index contributed by atoms with van der Waals surface area (Å²) in [5.41, 5.74) is 0.698. The highest BCUT2D eigenvalue weighted by Gasteiger charge is 2.25. The average Bonchev–Trinajstić information content (AvgIpc) is 2.37. The summed E-state index contributed by atoms with van der Waals surface area (Å²) < 4.78 is 32.3. The Labute approximate surface area is 118 Å². The van der Waals surface area contributed by atoms with Crippen LogP contribution in [-0.2, 0) is 29.5 Å². The molecule has 1 aromatic rings. The van der Waals surface area contributed by atoms with E-state index in [2.05, 4.69) is 0 Å². The summed E-state index contributed by atoms with van der Waals surface area (Å²) in [6.07, 6.45) is 0. The van der Waals surface area contributed by atoms with Crippen LogP contribution < -0.4 is 4.74 Å². The molecule has 0 fully saturated rings. The Morgan fingerprint density at radius 3 is 2.35 bits per heavy atom. The van der Waals surface area contributed by atoms with Crippen LogP contribution in [0.1, 0.15) is 26.3 Å². The molecule has 0 aliphatic heterocycles. The van der Waals surface area contributed by atoms with Gasteiger partial charge in [0.2, 0.25) is 0 Å². The summed E-state index contributed by atoms with van der Waals surface area (Å²) >= 11 is 0. The molecule has 0 aromatic heterocycles. The van der Waals surface area contributed by atoms with Gasteiger partial charge in [0.15, 0.2) is 0 Å². The molecule has 0 heterocycles. The van der Waals surface area contributed by atoms with Gasteiger partial charge in [-0.2, -0.15) is 0 Å². The van der Waals surface area contributed by atoms with Crippen molar-refractivity contribution in [2.45, 2.75) is 27.4 Å². The molecule has 0 aliphatic carbocycles. The molecule has 0 N–H and O–H groups in total. The fourth-order valence-electron chi connectivity index (χ4n) is 1.45. The lowest BCUT2D eigenvalue weighted by atomic mass is 10.2. The molecular formula is C13H19O6P. The summed E-state index contributed by atoms with van der Waals surface area (Å²) in [6.45, 7) is 5.22. The minimum absolute atomic E-state index is 0.0341. The number of esters is 1. The van der Waals surface area contributed by atoms with E-state index in [9.17, 15) is 9.36 Å². The van der Waals surface area contributed by atoms with Gasteiger partial charge in [-0.15, -0.1) is 0 Å². The Morgan fingerprint density at radius 1 is 1.15 bits per heavy atom. The third-order valence-electron chi connectivity index (χ3n) is 2.12. The molecule has 0 spiro atoms. The lowest BCUT2D eigenvalue weighted by Crippen LogP contribution is -2.03. The number of carbonyl (C=O) groups excluding carboxylic acids is 1. The van der Waals surface area contributed by atoms with Crippen molar-refractivity contribution in [1.29, 1.82) is 0 Å². The summed E-state index contributed by atoms with van der Waals surface area (Å²) in [7, 11) is -3.54. The Balaban J connectivity index is 2.68. The summed E-state index contributed by atoms with van der Waals surface area (Å²) in [5, 5.41) is 0. The molecule has 0 amide bonds. The second-order valence-electron chi connectivity index (χ2n) is 3.80. The van der Waals surface area contributed by atoms with Crippen molar-refractivity contribution in [3.05, 3.63) is 29.8 Å². The highest BCUT2D eigenvalue weighted by Crippen LogP contribution is 2.49. The highest BCUT2D eigenvalue weighted by atomic mass is 31.2. The molecule has 0 radical (unpaired) electrons. The fourth-order valence-corrected chi connectivity index (χ4v) is 2.61. The predicted molar refractivity (Wildman–Crippen MR) is 73.4 cm³/mol. The van der Waals surface area contributed by atoms with E-state index < -0.39 is 13.8 Å². The van der Waals surface area contributed by atoms with Crippen molar-refractivity contribution >= 4 is 13.8 Å². The van der Waals surface area contributed by atoms with E-state index >= 15 is 0 Å². The first kappa shape index (κ1) is 16.9. The molecule has 1 aromatic carbocycles. The van der Waals surface area contributed by atoms with Crippen LogP contribution >= 0.6 is 7.82 Å². The monoisotopic (exact) mass is 302 g/mol. The normalized spacial score (nSPS) is 11.3. The number of phosphoric acid groups is 1. The van der Waals surface area contributed by atoms with Crippen LogP contribution in [0.3, 0.4) is 0 Å². The molecule has 1 rings (SSSR count). The number of hydrogen-bond donors (Lipinski definition) is 0. The lowest BCUT2D eigenvalue weighted by Gasteiger charge is -2.16. The van der Waals surface area contributed by atoms with Gasteiger partial charge >= 0.3 is 13.8 Å². The molecule has 20 heavy (non-hydrogen) atoms. The topological polar surface area (TPSA) is 71.1 Å². The van der Waals surface area contributed by atoms with Gasteiger partial charge in [-0.25, -0.2) is 4.57 Å². The van der Waals surface area contributed by atoms with Gasteiger partial charge in [0.05, 0.1) is 19.8 Å². The molecule has 6 nitrogen and oxygen atoms in total. The quantitative estimate of drug-likeness (QED) is 0.417. The third kappa shape index (κ3) is 5.84. The highest BCUT2D eigenvalue weighted by molar-refractivity contribution is 7.48. The SMILES string of the molecule is CCOP(=O)(OCC)OCc1cccc(OC(C)=O)c1. The Bertz CT molecular complexity index is 478. The smallest absolute Gasteiger partial charge is 0.427 e. The number of rotatable bonds is 8. The van der Waals surface area contributed by atoms with Gasteiger partial charge in [-0.3, -0.25) is 18.4 Å². The molecule has 7 heteroatoms. The van der Waals surface area contributed by atoms with Gasteiger partial charge in [0, 0.05) is 6.92 Å². The van der Waals surface area contributed by atoms with Gasteiger partial charge in [0.25, 0.3) is 0 Å². The lowest BCUT2D eigenvalue weighted by molar-refractivity contribution is -0.131. The maximum Gasteiger partial charge on any atom is 0.475 e. The second kappa shape index (κ2) is 8.17.